The van der Waals surface area contributed by atoms with Crippen LogP contribution in [0.3, 0.4) is 0 Å². The molecule has 0 saturated carbocycles. The average molecular weight is 235 g/mol. The van der Waals surface area contributed by atoms with Gasteiger partial charge >= 0.3 is 5.97 Å². The van der Waals surface area contributed by atoms with Gasteiger partial charge in [0, 0.05) is 17.7 Å². The summed E-state index contributed by atoms with van der Waals surface area (Å²) in [4.78, 5) is 21.9. The molecule has 5 heteroatoms. The van der Waals surface area contributed by atoms with E-state index in [0.29, 0.717) is 24.3 Å². The molecule has 0 fully saturated rings. The fourth-order valence-corrected chi connectivity index (χ4v) is 1.82. The van der Waals surface area contributed by atoms with Crippen molar-refractivity contribution in [3.8, 4) is 5.75 Å². The lowest BCUT2D eigenvalue weighted by Gasteiger charge is -2.19. The molecule has 1 heterocycles. The van der Waals surface area contributed by atoms with Gasteiger partial charge < -0.3 is 15.2 Å². The molecule has 1 aliphatic rings. The number of carboxylic acids is 1. The molecule has 0 bridgehead atoms. The van der Waals surface area contributed by atoms with Crippen molar-refractivity contribution in [3.63, 3.8) is 0 Å². The zero-order valence-corrected chi connectivity index (χ0v) is 9.23. The lowest BCUT2D eigenvalue weighted by Crippen LogP contribution is -2.32. The van der Waals surface area contributed by atoms with E-state index in [0.717, 1.165) is 5.56 Å². The highest BCUT2D eigenvalue weighted by Gasteiger charge is 2.19. The van der Waals surface area contributed by atoms with Crippen LogP contribution in [-0.4, -0.2) is 30.1 Å². The minimum atomic E-state index is -0.896. The predicted molar refractivity (Wildman–Crippen MR) is 60.2 cm³/mol. The van der Waals surface area contributed by atoms with E-state index in [1.54, 1.807) is 18.2 Å². The number of nitrogens with one attached hydrogen (secondary N) is 1. The number of rotatable bonds is 4. The molecule has 0 aliphatic carbocycles. The molecule has 0 saturated heterocycles. The van der Waals surface area contributed by atoms with Gasteiger partial charge in [-0.1, -0.05) is 6.07 Å². The lowest BCUT2D eigenvalue weighted by molar-refractivity contribution is -0.137. The third kappa shape index (κ3) is 2.55. The van der Waals surface area contributed by atoms with Crippen LogP contribution in [-0.2, 0) is 11.2 Å². The number of fused-ring (bicyclic) bond motifs is 1. The fraction of sp³-hybridized carbons (Fsp3) is 0.333. The zero-order valence-electron chi connectivity index (χ0n) is 9.23. The highest BCUT2D eigenvalue weighted by Crippen LogP contribution is 2.25. The van der Waals surface area contributed by atoms with Crippen LogP contribution in [0.4, 0.5) is 0 Å². The minimum absolute atomic E-state index is 0.0458. The minimum Gasteiger partial charge on any atom is -0.493 e. The van der Waals surface area contributed by atoms with E-state index in [2.05, 4.69) is 5.32 Å². The Kier molecular flexibility index (Phi) is 3.27. The molecule has 0 spiro atoms. The molecule has 0 unspecified atom stereocenters. The molecular formula is C12H13NO4. The van der Waals surface area contributed by atoms with Gasteiger partial charge in [0.1, 0.15) is 5.75 Å². The smallest absolute Gasteiger partial charge is 0.306 e. The summed E-state index contributed by atoms with van der Waals surface area (Å²) in [7, 11) is 0. The SMILES string of the molecule is O=C(O)CCOc1cccc2c1CCNC2=O. The third-order valence-electron chi connectivity index (χ3n) is 2.61. The molecule has 0 aromatic heterocycles. The van der Waals surface area contributed by atoms with Gasteiger partial charge in [0.15, 0.2) is 0 Å². The Hall–Kier alpha value is -2.04. The molecule has 5 nitrogen and oxygen atoms in total. The van der Waals surface area contributed by atoms with Crippen LogP contribution in [0.2, 0.25) is 0 Å². The van der Waals surface area contributed by atoms with Crippen molar-refractivity contribution in [2.75, 3.05) is 13.2 Å². The molecule has 1 aromatic carbocycles. The van der Waals surface area contributed by atoms with Crippen molar-refractivity contribution < 1.29 is 19.4 Å². The zero-order chi connectivity index (χ0) is 12.3. The number of carbonyl (C=O) groups is 2. The monoisotopic (exact) mass is 235 g/mol. The van der Waals surface area contributed by atoms with Crippen LogP contribution in [0.1, 0.15) is 22.3 Å². The van der Waals surface area contributed by atoms with E-state index in [-0.39, 0.29) is 18.9 Å². The maximum atomic E-state index is 11.6. The van der Waals surface area contributed by atoms with Crippen LogP contribution in [0.25, 0.3) is 0 Å². The molecule has 0 radical (unpaired) electrons. The van der Waals surface area contributed by atoms with Crippen molar-refractivity contribution in [3.05, 3.63) is 29.3 Å². The van der Waals surface area contributed by atoms with E-state index in [1.165, 1.54) is 0 Å². The highest BCUT2D eigenvalue weighted by atomic mass is 16.5. The summed E-state index contributed by atoms with van der Waals surface area (Å²) < 4.78 is 5.40. The van der Waals surface area contributed by atoms with Crippen molar-refractivity contribution in [2.45, 2.75) is 12.8 Å². The van der Waals surface area contributed by atoms with E-state index in [4.69, 9.17) is 9.84 Å². The molecule has 0 atom stereocenters. The van der Waals surface area contributed by atoms with E-state index < -0.39 is 5.97 Å². The Morgan fingerprint density at radius 2 is 2.29 bits per heavy atom. The first kappa shape index (κ1) is 11.4. The summed E-state index contributed by atoms with van der Waals surface area (Å²) in [5.74, 6) is -0.388. The first-order valence-electron chi connectivity index (χ1n) is 5.43. The van der Waals surface area contributed by atoms with Crippen LogP contribution in [0.5, 0.6) is 5.75 Å². The van der Waals surface area contributed by atoms with E-state index >= 15 is 0 Å². The Morgan fingerprint density at radius 3 is 3.06 bits per heavy atom. The summed E-state index contributed by atoms with van der Waals surface area (Å²) in [6.07, 6.45) is 0.667. The first-order valence-corrected chi connectivity index (χ1v) is 5.43. The second kappa shape index (κ2) is 4.86. The lowest BCUT2D eigenvalue weighted by atomic mass is 9.99. The fourth-order valence-electron chi connectivity index (χ4n) is 1.82. The van der Waals surface area contributed by atoms with Crippen LogP contribution >= 0.6 is 0 Å². The summed E-state index contributed by atoms with van der Waals surface area (Å²) >= 11 is 0. The molecule has 1 aromatic rings. The Labute approximate surface area is 98.4 Å². The summed E-state index contributed by atoms with van der Waals surface area (Å²) in [6.45, 7) is 0.707. The molecule has 90 valence electrons. The number of carboxylic acid groups (broad SMARTS) is 1. The molecule has 17 heavy (non-hydrogen) atoms. The Balaban J connectivity index is 2.15. The molecular weight excluding hydrogens is 222 g/mol. The molecule has 2 N–H and O–H groups in total. The van der Waals surface area contributed by atoms with Gasteiger partial charge in [-0.15, -0.1) is 0 Å². The summed E-state index contributed by atoms with van der Waals surface area (Å²) in [5.41, 5.74) is 1.48. The number of hydrogen-bond donors (Lipinski definition) is 2. The quantitative estimate of drug-likeness (QED) is 0.810. The second-order valence-corrected chi connectivity index (χ2v) is 3.78. The Morgan fingerprint density at radius 1 is 1.47 bits per heavy atom. The van der Waals surface area contributed by atoms with Crippen molar-refractivity contribution in [1.29, 1.82) is 0 Å². The van der Waals surface area contributed by atoms with Crippen LogP contribution < -0.4 is 10.1 Å². The number of ether oxygens (including phenoxy) is 1. The maximum Gasteiger partial charge on any atom is 0.306 e. The summed E-state index contributed by atoms with van der Waals surface area (Å²) in [6, 6.07) is 5.24. The molecule has 1 aliphatic heterocycles. The largest absolute Gasteiger partial charge is 0.493 e. The van der Waals surface area contributed by atoms with Crippen molar-refractivity contribution in [2.24, 2.45) is 0 Å². The topological polar surface area (TPSA) is 75.6 Å². The third-order valence-corrected chi connectivity index (χ3v) is 2.61. The number of aliphatic carboxylic acids is 1. The van der Waals surface area contributed by atoms with Gasteiger partial charge in [-0.2, -0.15) is 0 Å². The van der Waals surface area contributed by atoms with E-state index in [9.17, 15) is 9.59 Å². The number of hydrogen-bond acceptors (Lipinski definition) is 3. The van der Waals surface area contributed by atoms with Gasteiger partial charge in [0.2, 0.25) is 0 Å². The first-order chi connectivity index (χ1) is 8.18. The second-order valence-electron chi connectivity index (χ2n) is 3.78. The van der Waals surface area contributed by atoms with Gasteiger partial charge in [0.25, 0.3) is 5.91 Å². The van der Waals surface area contributed by atoms with Crippen molar-refractivity contribution >= 4 is 11.9 Å². The molecule has 2 rings (SSSR count). The van der Waals surface area contributed by atoms with Gasteiger partial charge in [-0.3, -0.25) is 9.59 Å². The van der Waals surface area contributed by atoms with Crippen molar-refractivity contribution in [1.82, 2.24) is 5.32 Å². The van der Waals surface area contributed by atoms with E-state index in [1.807, 2.05) is 0 Å². The van der Waals surface area contributed by atoms with Gasteiger partial charge in [-0.05, 0) is 18.6 Å². The number of amides is 1. The maximum absolute atomic E-state index is 11.6. The predicted octanol–water partition coefficient (Wildman–Crippen LogP) is 0.826. The standard InChI is InChI=1S/C12H13NO4/c14-11(15)5-7-17-10-3-1-2-9-8(10)4-6-13-12(9)16/h1-3H,4-7H2,(H,13,16)(H,14,15). The van der Waals surface area contributed by atoms with Crippen LogP contribution in [0, 0.1) is 0 Å². The van der Waals surface area contributed by atoms with Crippen LogP contribution in [0.15, 0.2) is 18.2 Å². The molecule has 1 amide bonds. The van der Waals surface area contributed by atoms with Gasteiger partial charge in [0.05, 0.1) is 13.0 Å². The Bertz CT molecular complexity index is 456. The van der Waals surface area contributed by atoms with Gasteiger partial charge in [-0.25, -0.2) is 0 Å². The summed E-state index contributed by atoms with van der Waals surface area (Å²) in [5, 5.41) is 11.3. The number of carbonyl (C=O) groups excluding carboxylic acids is 1. The highest BCUT2D eigenvalue weighted by molar-refractivity contribution is 5.97. The normalized spacial score (nSPS) is 13.8. The number of benzene rings is 1. The average Bonchev–Trinajstić information content (AvgIpc) is 2.30.